The van der Waals surface area contributed by atoms with E-state index in [-0.39, 0.29) is 46.4 Å². The van der Waals surface area contributed by atoms with E-state index in [2.05, 4.69) is 21.2 Å². The zero-order valence-electron chi connectivity index (χ0n) is 25.6. The summed E-state index contributed by atoms with van der Waals surface area (Å²) in [6, 6.07) is 20.6. The Labute approximate surface area is 287 Å². The fourth-order valence-electron chi connectivity index (χ4n) is 5.67. The smallest absolute Gasteiger partial charge is 0.422 e. The monoisotopic (exact) mass is 741 g/mol. The molecular weight excluding hydrogens is 715 g/mol. The van der Waals surface area contributed by atoms with Gasteiger partial charge in [-0.05, 0) is 85.4 Å². The molecule has 2 atom stereocenters. The van der Waals surface area contributed by atoms with Gasteiger partial charge in [-0.2, -0.15) is 18.4 Å². The summed E-state index contributed by atoms with van der Waals surface area (Å²) in [5.41, 5.74) is 5.34. The lowest BCUT2D eigenvalue weighted by Crippen LogP contribution is -2.63. The second-order valence-electron chi connectivity index (χ2n) is 11.3. The van der Waals surface area contributed by atoms with Crippen LogP contribution >= 0.6 is 27.5 Å². The molecule has 0 saturated carbocycles. The van der Waals surface area contributed by atoms with Gasteiger partial charge in [-0.15, -0.1) is 0 Å². The molecule has 0 aromatic heterocycles. The molecule has 3 N–H and O–H groups in total. The number of nitrogens with one attached hydrogen (secondary N) is 1. The first kappa shape index (κ1) is 34.7. The third kappa shape index (κ3) is 6.82. The van der Waals surface area contributed by atoms with Crippen molar-refractivity contribution in [3.8, 4) is 11.8 Å². The lowest BCUT2D eigenvalue weighted by Gasteiger charge is -2.36. The van der Waals surface area contributed by atoms with Crippen molar-refractivity contribution < 1.29 is 32.3 Å². The number of ether oxygens (including phenoxy) is 1. The quantitative estimate of drug-likeness (QED) is 0.217. The summed E-state index contributed by atoms with van der Waals surface area (Å²) in [7, 11) is 1.45. The zero-order chi connectivity index (χ0) is 35.0. The van der Waals surface area contributed by atoms with Crippen molar-refractivity contribution in [2.75, 3.05) is 30.0 Å². The normalized spacial score (nSPS) is 16.1. The number of amides is 3. The number of benzene rings is 4. The molecule has 1 aliphatic rings. The fourth-order valence-corrected chi connectivity index (χ4v) is 6.21. The van der Waals surface area contributed by atoms with E-state index in [0.717, 1.165) is 4.47 Å². The highest BCUT2D eigenvalue weighted by Gasteiger charge is 2.49. The lowest BCUT2D eigenvalue weighted by molar-refractivity contribution is -0.153. The standard InChI is InChI=1S/C34H28BrClF3N5O4/c1-33(42-2,32(41)47)26-17-44(30(45)20-5-3-19(15-40)4-6-20)28-14-23(36)9-11-27(28)43(31(26)46)16-25-24-10-8-22(35)13-21(24)7-12-29(25)48-18-34(37,38)39/h3-14,26,42H,16-18H2,1-2H3,(H2,41,47)/t26-,33?/m1/s1. The molecule has 14 heteroatoms. The number of nitrogens with zero attached hydrogens (tertiary/aromatic N) is 3. The predicted octanol–water partition coefficient (Wildman–Crippen LogP) is 6.34. The van der Waals surface area contributed by atoms with Crippen molar-refractivity contribution in [3.05, 3.63) is 99.0 Å². The number of alkyl halides is 3. The average molecular weight is 743 g/mol. The van der Waals surface area contributed by atoms with Gasteiger partial charge in [0.25, 0.3) is 5.91 Å². The van der Waals surface area contributed by atoms with Crippen LogP contribution in [-0.4, -0.2) is 49.6 Å². The summed E-state index contributed by atoms with van der Waals surface area (Å²) < 4.78 is 46.0. The molecule has 4 aromatic rings. The molecule has 0 radical (unpaired) electrons. The van der Waals surface area contributed by atoms with Crippen LogP contribution in [0.25, 0.3) is 10.8 Å². The number of nitriles is 1. The fraction of sp³-hybridized carbons (Fsp3) is 0.235. The van der Waals surface area contributed by atoms with Gasteiger partial charge in [0.2, 0.25) is 11.8 Å². The number of carbonyl (C=O) groups excluding carboxylic acids is 3. The number of carbonyl (C=O) groups is 3. The summed E-state index contributed by atoms with van der Waals surface area (Å²) in [5.74, 6) is -3.47. The molecule has 0 bridgehead atoms. The van der Waals surface area contributed by atoms with Crippen LogP contribution in [0.1, 0.15) is 28.4 Å². The highest BCUT2D eigenvalue weighted by molar-refractivity contribution is 9.10. The molecule has 4 aromatic carbocycles. The van der Waals surface area contributed by atoms with E-state index in [9.17, 15) is 32.8 Å². The van der Waals surface area contributed by atoms with Crippen LogP contribution < -0.4 is 25.6 Å². The van der Waals surface area contributed by atoms with Crippen LogP contribution in [0.3, 0.4) is 0 Å². The maximum atomic E-state index is 14.8. The first-order valence-electron chi connectivity index (χ1n) is 14.5. The Kier molecular flexibility index (Phi) is 9.73. The van der Waals surface area contributed by atoms with Gasteiger partial charge in [0, 0.05) is 27.2 Å². The minimum Gasteiger partial charge on any atom is -0.484 e. The highest BCUT2D eigenvalue weighted by atomic mass is 79.9. The summed E-state index contributed by atoms with van der Waals surface area (Å²) in [4.78, 5) is 44.5. The predicted molar refractivity (Wildman–Crippen MR) is 179 cm³/mol. The van der Waals surface area contributed by atoms with E-state index >= 15 is 0 Å². The number of primary amides is 1. The third-order valence-electron chi connectivity index (χ3n) is 8.44. The van der Waals surface area contributed by atoms with Gasteiger partial charge in [0.1, 0.15) is 11.3 Å². The van der Waals surface area contributed by atoms with Crippen LogP contribution in [0.4, 0.5) is 24.5 Å². The second kappa shape index (κ2) is 13.5. The molecule has 1 heterocycles. The van der Waals surface area contributed by atoms with Crippen molar-refractivity contribution in [3.63, 3.8) is 0 Å². The van der Waals surface area contributed by atoms with Crippen LogP contribution in [0.5, 0.6) is 5.75 Å². The second-order valence-corrected chi connectivity index (χ2v) is 12.7. The van der Waals surface area contributed by atoms with E-state index in [1.807, 2.05) is 6.07 Å². The molecule has 0 fully saturated rings. The van der Waals surface area contributed by atoms with Crippen LogP contribution in [0.15, 0.2) is 77.3 Å². The molecular formula is C34H28BrClF3N5O4. The Morgan fingerprint density at radius 2 is 1.79 bits per heavy atom. The van der Waals surface area contributed by atoms with Crippen molar-refractivity contribution >= 4 is 67.4 Å². The van der Waals surface area contributed by atoms with Gasteiger partial charge in [0.05, 0.1) is 35.5 Å². The van der Waals surface area contributed by atoms with Crippen molar-refractivity contribution in [1.29, 1.82) is 5.26 Å². The van der Waals surface area contributed by atoms with Gasteiger partial charge in [-0.3, -0.25) is 14.4 Å². The summed E-state index contributed by atoms with van der Waals surface area (Å²) >= 11 is 9.86. The SMILES string of the molecule is CNC(C)(C(N)=O)[C@@H]1CN(C(=O)c2ccc(C#N)cc2)c2cc(Cl)ccc2N(Cc2c(OCC(F)(F)F)ccc3cc(Br)ccc23)C1=O. The Morgan fingerprint density at radius 1 is 1.08 bits per heavy atom. The van der Waals surface area contributed by atoms with E-state index in [4.69, 9.17) is 22.1 Å². The highest BCUT2D eigenvalue weighted by Crippen LogP contribution is 2.42. The van der Waals surface area contributed by atoms with Gasteiger partial charge in [-0.25, -0.2) is 0 Å². The molecule has 0 saturated heterocycles. The molecule has 0 aliphatic carbocycles. The van der Waals surface area contributed by atoms with Crippen LogP contribution in [-0.2, 0) is 16.1 Å². The Balaban J connectivity index is 1.74. The van der Waals surface area contributed by atoms with Crippen molar-refractivity contribution in [2.45, 2.75) is 25.2 Å². The number of likely N-dealkylation sites (N-methyl/N-ethyl adjacent to an activating group) is 1. The Morgan fingerprint density at radius 3 is 2.42 bits per heavy atom. The summed E-state index contributed by atoms with van der Waals surface area (Å²) in [6.45, 7) is -0.775. The Bertz CT molecular complexity index is 1970. The first-order valence-corrected chi connectivity index (χ1v) is 15.7. The van der Waals surface area contributed by atoms with Crippen LogP contribution in [0.2, 0.25) is 5.02 Å². The largest absolute Gasteiger partial charge is 0.484 e. The number of hydrogen-bond donors (Lipinski definition) is 2. The lowest BCUT2D eigenvalue weighted by atomic mass is 9.83. The molecule has 0 spiro atoms. The molecule has 9 nitrogen and oxygen atoms in total. The number of rotatable bonds is 8. The molecule has 5 rings (SSSR count). The van der Waals surface area contributed by atoms with Crippen molar-refractivity contribution in [1.82, 2.24) is 5.32 Å². The maximum Gasteiger partial charge on any atom is 0.422 e. The first-order chi connectivity index (χ1) is 22.7. The average Bonchev–Trinajstić information content (AvgIpc) is 3.17. The minimum absolute atomic E-state index is 0.108. The van der Waals surface area contributed by atoms with Gasteiger partial charge < -0.3 is 25.6 Å². The van der Waals surface area contributed by atoms with E-state index in [1.54, 1.807) is 24.3 Å². The number of halogens is 5. The van der Waals surface area contributed by atoms with E-state index in [0.29, 0.717) is 16.3 Å². The molecule has 248 valence electrons. The molecule has 3 amide bonds. The van der Waals surface area contributed by atoms with E-state index < -0.39 is 42.0 Å². The van der Waals surface area contributed by atoms with Gasteiger partial charge >= 0.3 is 6.18 Å². The summed E-state index contributed by atoms with van der Waals surface area (Å²) in [5, 5.41) is 13.5. The van der Waals surface area contributed by atoms with Crippen molar-refractivity contribution in [2.24, 2.45) is 11.7 Å². The number of nitrogens with two attached hydrogens (primary N) is 1. The topological polar surface area (TPSA) is 129 Å². The zero-order valence-corrected chi connectivity index (χ0v) is 27.9. The Hall–Kier alpha value is -4.64. The molecule has 1 unspecified atom stereocenters. The minimum atomic E-state index is -4.64. The number of anilines is 2. The van der Waals surface area contributed by atoms with E-state index in [1.165, 1.54) is 72.3 Å². The maximum absolute atomic E-state index is 14.8. The number of hydrogen-bond acceptors (Lipinski definition) is 6. The van der Waals surface area contributed by atoms with Gasteiger partial charge in [0.15, 0.2) is 6.61 Å². The van der Waals surface area contributed by atoms with Crippen LogP contribution in [0, 0.1) is 17.2 Å². The molecule has 48 heavy (non-hydrogen) atoms. The number of fused-ring (bicyclic) bond motifs is 2. The molecule has 1 aliphatic heterocycles. The van der Waals surface area contributed by atoms with Gasteiger partial charge in [-0.1, -0.05) is 39.7 Å². The third-order valence-corrected chi connectivity index (χ3v) is 9.17. The summed E-state index contributed by atoms with van der Waals surface area (Å²) in [6.07, 6.45) is -4.64.